The van der Waals surface area contributed by atoms with E-state index in [4.69, 9.17) is 4.42 Å². The van der Waals surface area contributed by atoms with Gasteiger partial charge in [0.15, 0.2) is 0 Å². The van der Waals surface area contributed by atoms with E-state index in [0.29, 0.717) is 0 Å². The van der Waals surface area contributed by atoms with Gasteiger partial charge in [0.2, 0.25) is 0 Å². The Kier molecular flexibility index (Phi) is 7.54. The molecule has 12 aromatic rings. The van der Waals surface area contributed by atoms with Gasteiger partial charge in [-0.2, -0.15) is 0 Å². The van der Waals surface area contributed by atoms with Gasteiger partial charge in [-0.05, 0) is 98.9 Å². The first-order chi connectivity index (χ1) is 29.3. The molecule has 3 nitrogen and oxygen atoms in total. The molecule has 0 N–H and O–H groups in total. The number of nitrogens with zero attached hydrogens (tertiary/aromatic N) is 2. The highest BCUT2D eigenvalue weighted by Gasteiger charge is 2.24. The molecule has 10 aromatic carbocycles. The van der Waals surface area contributed by atoms with Crippen LogP contribution in [0.3, 0.4) is 0 Å². The van der Waals surface area contributed by atoms with Gasteiger partial charge in [0.05, 0.1) is 22.4 Å². The number of furan rings is 1. The molecule has 0 amide bonds. The van der Waals surface area contributed by atoms with Crippen molar-refractivity contribution in [3.63, 3.8) is 0 Å². The summed E-state index contributed by atoms with van der Waals surface area (Å²) in [5.41, 5.74) is 13.2. The molecule has 3 heteroatoms. The summed E-state index contributed by atoms with van der Waals surface area (Å²) in [6.45, 7) is 0. The fourth-order valence-electron chi connectivity index (χ4n) is 9.34. The summed E-state index contributed by atoms with van der Waals surface area (Å²) in [5.74, 6) is 0. The van der Waals surface area contributed by atoms with E-state index in [-0.39, 0.29) is 0 Å². The molecule has 276 valence electrons. The molecule has 0 aliphatic rings. The minimum absolute atomic E-state index is 0.872. The fourth-order valence-corrected chi connectivity index (χ4v) is 9.34. The van der Waals surface area contributed by atoms with Crippen LogP contribution in [-0.4, -0.2) is 4.57 Å². The third-order valence-corrected chi connectivity index (χ3v) is 12.0. The average Bonchev–Trinajstić information content (AvgIpc) is 3.86. The van der Waals surface area contributed by atoms with Gasteiger partial charge in [0.1, 0.15) is 11.2 Å². The summed E-state index contributed by atoms with van der Waals surface area (Å²) in [4.78, 5) is 2.46. The van der Waals surface area contributed by atoms with Crippen molar-refractivity contribution < 1.29 is 4.42 Å². The molecular formula is C56H36N2O. The Morgan fingerprint density at radius 1 is 0.356 bits per heavy atom. The van der Waals surface area contributed by atoms with E-state index in [2.05, 4.69) is 228 Å². The van der Waals surface area contributed by atoms with Crippen LogP contribution in [0.15, 0.2) is 223 Å². The quantitative estimate of drug-likeness (QED) is 0.169. The second-order valence-electron chi connectivity index (χ2n) is 15.3. The summed E-state index contributed by atoms with van der Waals surface area (Å²) in [6, 6.07) is 78.8. The number of hydrogen-bond donors (Lipinski definition) is 0. The zero-order valence-electron chi connectivity index (χ0n) is 32.1. The van der Waals surface area contributed by atoms with Crippen LogP contribution in [0, 0.1) is 0 Å². The van der Waals surface area contributed by atoms with Crippen molar-refractivity contribution in [2.24, 2.45) is 0 Å². The molecule has 2 heterocycles. The molecule has 59 heavy (non-hydrogen) atoms. The monoisotopic (exact) mass is 752 g/mol. The molecule has 0 aliphatic carbocycles. The van der Waals surface area contributed by atoms with Gasteiger partial charge >= 0.3 is 0 Å². The van der Waals surface area contributed by atoms with E-state index >= 15 is 0 Å². The van der Waals surface area contributed by atoms with Gasteiger partial charge in [-0.15, -0.1) is 0 Å². The van der Waals surface area contributed by atoms with Crippen LogP contribution in [0.4, 0.5) is 17.1 Å². The molecule has 2 aromatic heterocycles. The zero-order valence-corrected chi connectivity index (χ0v) is 32.1. The summed E-state index contributed by atoms with van der Waals surface area (Å²) < 4.78 is 8.92. The van der Waals surface area contributed by atoms with E-state index in [1.807, 2.05) is 0 Å². The minimum Gasteiger partial charge on any atom is -0.456 e. The lowest BCUT2D eigenvalue weighted by atomic mass is 9.95. The number of rotatable bonds is 6. The molecular weight excluding hydrogens is 717 g/mol. The summed E-state index contributed by atoms with van der Waals surface area (Å²) in [6.07, 6.45) is 0. The van der Waals surface area contributed by atoms with Crippen LogP contribution in [0.5, 0.6) is 0 Å². The van der Waals surface area contributed by atoms with Gasteiger partial charge in [0, 0.05) is 38.5 Å². The second kappa shape index (κ2) is 13.4. The number of hydrogen-bond acceptors (Lipinski definition) is 2. The van der Waals surface area contributed by atoms with Crippen LogP contribution in [0.1, 0.15) is 0 Å². The van der Waals surface area contributed by atoms with Gasteiger partial charge in [-0.3, -0.25) is 0 Å². The van der Waals surface area contributed by atoms with Crippen LogP contribution < -0.4 is 4.90 Å². The van der Waals surface area contributed by atoms with Crippen molar-refractivity contribution in [3.05, 3.63) is 218 Å². The third kappa shape index (κ3) is 5.29. The predicted molar refractivity (Wildman–Crippen MR) is 249 cm³/mol. The number of benzene rings is 10. The Balaban J connectivity index is 1.12. The van der Waals surface area contributed by atoms with Crippen LogP contribution >= 0.6 is 0 Å². The normalized spacial score (nSPS) is 11.7. The van der Waals surface area contributed by atoms with Gasteiger partial charge < -0.3 is 13.9 Å². The summed E-state index contributed by atoms with van der Waals surface area (Å²) >= 11 is 0. The van der Waals surface area contributed by atoms with E-state index in [1.54, 1.807) is 0 Å². The lowest BCUT2D eigenvalue weighted by Gasteiger charge is -2.29. The van der Waals surface area contributed by atoms with Crippen LogP contribution in [0.25, 0.3) is 93.2 Å². The highest BCUT2D eigenvalue weighted by atomic mass is 16.3. The smallest absolute Gasteiger partial charge is 0.136 e. The molecule has 12 rings (SSSR count). The Morgan fingerprint density at radius 2 is 0.949 bits per heavy atom. The molecule has 0 spiro atoms. The minimum atomic E-state index is 0.872. The molecule has 0 atom stereocenters. The summed E-state index contributed by atoms with van der Waals surface area (Å²) in [7, 11) is 0. The number of para-hydroxylation sites is 3. The topological polar surface area (TPSA) is 21.3 Å². The van der Waals surface area contributed by atoms with Gasteiger partial charge in [-0.1, -0.05) is 158 Å². The largest absolute Gasteiger partial charge is 0.456 e. The van der Waals surface area contributed by atoms with Crippen molar-refractivity contribution in [2.75, 3.05) is 4.90 Å². The fraction of sp³-hybridized carbons (Fsp3) is 0. The molecule has 0 aliphatic heterocycles. The lowest BCUT2D eigenvalue weighted by molar-refractivity contribution is 0.669. The third-order valence-electron chi connectivity index (χ3n) is 12.0. The van der Waals surface area contributed by atoms with Crippen molar-refractivity contribution in [3.8, 4) is 27.9 Å². The molecule has 0 fully saturated rings. The maximum absolute atomic E-state index is 6.53. The molecule has 0 radical (unpaired) electrons. The first-order valence-corrected chi connectivity index (χ1v) is 20.2. The maximum Gasteiger partial charge on any atom is 0.136 e. The van der Waals surface area contributed by atoms with Crippen molar-refractivity contribution in [1.29, 1.82) is 0 Å². The molecule has 0 unspecified atom stereocenters. The molecule has 0 bridgehead atoms. The van der Waals surface area contributed by atoms with E-state index in [9.17, 15) is 0 Å². The predicted octanol–water partition coefficient (Wildman–Crippen LogP) is 15.8. The highest BCUT2D eigenvalue weighted by Crippen LogP contribution is 2.48. The molecule has 0 saturated carbocycles. The zero-order chi connectivity index (χ0) is 38.9. The van der Waals surface area contributed by atoms with Crippen molar-refractivity contribution in [2.45, 2.75) is 0 Å². The highest BCUT2D eigenvalue weighted by molar-refractivity contribution is 6.20. The Bertz CT molecular complexity index is 3550. The Morgan fingerprint density at radius 3 is 1.80 bits per heavy atom. The van der Waals surface area contributed by atoms with Crippen molar-refractivity contribution >= 4 is 82.4 Å². The SMILES string of the molecule is c1ccc(-n2c3ccccc3c3c(N(c4ccc5oc6ccc7ccccc7c6c5c4)c4ccccc4-c4ccc(-c5cccc6ccccc56)cc4)cccc32)cc1. The van der Waals surface area contributed by atoms with Gasteiger partial charge in [0.25, 0.3) is 0 Å². The van der Waals surface area contributed by atoms with E-state index in [1.165, 1.54) is 49.0 Å². The number of anilines is 3. The number of fused-ring (bicyclic) bond motifs is 9. The Labute approximate surface area is 341 Å². The standard InChI is InChI=1S/C56H36N2O/c1-2-17-41(18-3-1)57-50-25-11-9-22-47(50)56-51(57)26-13-27-52(56)58(42-33-35-53-48(36-42)55-46-21-7-5-15-38(46)32-34-54(55)59-53)49-24-10-8-20-45(49)40-30-28-39(29-31-40)44-23-12-16-37-14-4-6-19-43(37)44/h1-36H. The lowest BCUT2D eigenvalue weighted by Crippen LogP contribution is -2.11. The summed E-state index contributed by atoms with van der Waals surface area (Å²) in [5, 5.41) is 9.50. The van der Waals surface area contributed by atoms with Crippen LogP contribution in [-0.2, 0) is 0 Å². The average molecular weight is 753 g/mol. The maximum atomic E-state index is 6.53. The second-order valence-corrected chi connectivity index (χ2v) is 15.3. The Hall–Kier alpha value is -7.88. The van der Waals surface area contributed by atoms with E-state index in [0.717, 1.165) is 61.3 Å². The van der Waals surface area contributed by atoms with Crippen LogP contribution in [0.2, 0.25) is 0 Å². The number of aromatic nitrogens is 1. The van der Waals surface area contributed by atoms with E-state index < -0.39 is 0 Å². The molecule has 0 saturated heterocycles. The first-order valence-electron chi connectivity index (χ1n) is 20.2. The van der Waals surface area contributed by atoms with Gasteiger partial charge in [-0.25, -0.2) is 0 Å². The van der Waals surface area contributed by atoms with Crippen molar-refractivity contribution in [1.82, 2.24) is 4.57 Å². The first kappa shape index (κ1) is 33.3.